The van der Waals surface area contributed by atoms with Gasteiger partial charge in [-0.25, -0.2) is 4.79 Å². The summed E-state index contributed by atoms with van der Waals surface area (Å²) in [5, 5.41) is 18.3. The van der Waals surface area contributed by atoms with Crippen molar-refractivity contribution < 1.29 is 46.9 Å². The van der Waals surface area contributed by atoms with Crippen LogP contribution in [0.2, 0.25) is 0 Å². The molecule has 3 amide bonds. The summed E-state index contributed by atoms with van der Waals surface area (Å²) in [7, 11) is 2.94. The van der Waals surface area contributed by atoms with Crippen molar-refractivity contribution in [1.82, 2.24) is 20.4 Å². The zero-order valence-electron chi connectivity index (χ0n) is 24.0. The summed E-state index contributed by atoms with van der Waals surface area (Å²) >= 11 is 0. The number of halogens is 3. The summed E-state index contributed by atoms with van der Waals surface area (Å²) in [6, 6.07) is 9.13. The summed E-state index contributed by atoms with van der Waals surface area (Å²) in [5.41, 5.74) is 0.977. The lowest BCUT2D eigenvalue weighted by atomic mass is 10.0. The highest BCUT2D eigenvalue weighted by Crippen LogP contribution is 2.37. The maximum atomic E-state index is 13.7. The third kappa shape index (κ3) is 7.71. The van der Waals surface area contributed by atoms with Gasteiger partial charge in [0.25, 0.3) is 11.8 Å². The Morgan fingerprint density at radius 3 is 2.48 bits per heavy atom. The van der Waals surface area contributed by atoms with Gasteiger partial charge in [-0.15, -0.1) is 13.2 Å². The van der Waals surface area contributed by atoms with Gasteiger partial charge in [0, 0.05) is 25.2 Å². The number of hydrogen-bond acceptors (Lipinski definition) is 7. The lowest BCUT2D eigenvalue weighted by Gasteiger charge is -2.33. The molecule has 4 rings (SSSR count). The van der Waals surface area contributed by atoms with Crippen molar-refractivity contribution in [2.45, 2.75) is 44.6 Å². The summed E-state index contributed by atoms with van der Waals surface area (Å²) < 4.78 is 55.3. The molecular formula is C29H32F3N5O7. The fraction of sp³-hybridized carbons (Fsp3) is 0.379. The molecule has 1 unspecified atom stereocenters. The van der Waals surface area contributed by atoms with E-state index in [1.54, 1.807) is 22.9 Å². The van der Waals surface area contributed by atoms with Gasteiger partial charge >= 0.3 is 12.5 Å². The standard InChI is InChI=1S/C29H32F3N5O7/c1-42-23-11-10-18(16-24(23)43-2)27(39)36-15-12-20(35-26(38)19-8-4-5-9-22(19)44-29(30,31)32)25-21(36)17-34-37(25)14-7-3-6-13-33-28(40)41/h4-5,8-11,16-17,20,33H,3,6-7,12-15H2,1-2H3,(H,35,38)(H,40,41). The zero-order valence-corrected chi connectivity index (χ0v) is 24.0. The number of benzene rings is 2. The molecular weight excluding hydrogens is 587 g/mol. The molecule has 1 aliphatic rings. The number of unbranched alkanes of at least 4 members (excludes halogenated alkanes) is 2. The van der Waals surface area contributed by atoms with Gasteiger partial charge in [-0.1, -0.05) is 12.1 Å². The van der Waals surface area contributed by atoms with E-state index >= 15 is 0 Å². The Balaban J connectivity index is 1.61. The second kappa shape index (κ2) is 14.0. The molecule has 0 fully saturated rings. The van der Waals surface area contributed by atoms with Gasteiger partial charge in [0.15, 0.2) is 11.5 Å². The Morgan fingerprint density at radius 2 is 1.77 bits per heavy atom. The number of para-hydroxylation sites is 1. The van der Waals surface area contributed by atoms with Gasteiger partial charge < -0.3 is 34.9 Å². The Hall–Kier alpha value is -4.95. The number of carbonyl (C=O) groups is 3. The first kappa shape index (κ1) is 32.0. The Labute approximate surface area is 250 Å². The molecule has 44 heavy (non-hydrogen) atoms. The minimum absolute atomic E-state index is 0.179. The number of nitrogens with one attached hydrogen (secondary N) is 2. The van der Waals surface area contributed by atoms with Crippen LogP contribution in [0.3, 0.4) is 0 Å². The van der Waals surface area contributed by atoms with Crippen molar-refractivity contribution >= 4 is 23.6 Å². The average molecular weight is 620 g/mol. The van der Waals surface area contributed by atoms with Crippen molar-refractivity contribution in [3.05, 3.63) is 65.5 Å². The molecule has 15 heteroatoms. The Bertz CT molecular complexity index is 1490. The first-order chi connectivity index (χ1) is 21.0. The van der Waals surface area contributed by atoms with E-state index in [-0.39, 0.29) is 31.0 Å². The van der Waals surface area contributed by atoms with E-state index in [2.05, 4.69) is 20.5 Å². The topological polar surface area (TPSA) is 144 Å². The molecule has 2 aromatic carbocycles. The number of carboxylic acid groups (broad SMARTS) is 1. The number of aryl methyl sites for hydroxylation is 1. The molecule has 0 radical (unpaired) electrons. The number of ether oxygens (including phenoxy) is 3. The van der Waals surface area contributed by atoms with Crippen molar-refractivity contribution in [2.75, 3.05) is 32.2 Å². The lowest BCUT2D eigenvalue weighted by Crippen LogP contribution is -2.41. The molecule has 0 saturated carbocycles. The number of anilines is 1. The number of hydrogen-bond donors (Lipinski definition) is 3. The number of fused-ring (bicyclic) bond motifs is 1. The summed E-state index contributed by atoms with van der Waals surface area (Å²) in [5.74, 6) is -0.948. The molecule has 1 aromatic heterocycles. The number of carbonyl (C=O) groups excluding carboxylic acids is 2. The molecule has 2 heterocycles. The molecule has 0 aliphatic carbocycles. The van der Waals surface area contributed by atoms with E-state index < -0.39 is 30.2 Å². The second-order valence-corrected chi connectivity index (χ2v) is 9.82. The van der Waals surface area contributed by atoms with E-state index in [1.165, 1.54) is 43.5 Å². The van der Waals surface area contributed by atoms with Crippen LogP contribution >= 0.6 is 0 Å². The highest BCUT2D eigenvalue weighted by Gasteiger charge is 2.36. The van der Waals surface area contributed by atoms with Crippen LogP contribution < -0.4 is 29.7 Å². The summed E-state index contributed by atoms with van der Waals surface area (Å²) in [4.78, 5) is 39.2. The SMILES string of the molecule is COc1ccc(C(=O)N2CCC(NC(=O)c3ccccc3OC(F)(F)F)c3c2cnn3CCCCCNC(=O)O)cc1OC. The van der Waals surface area contributed by atoms with Crippen LogP contribution in [0, 0.1) is 0 Å². The number of aromatic nitrogens is 2. The number of amides is 3. The van der Waals surface area contributed by atoms with Gasteiger partial charge in [-0.2, -0.15) is 5.10 Å². The summed E-state index contributed by atoms with van der Waals surface area (Å²) in [6.45, 7) is 0.859. The van der Waals surface area contributed by atoms with Crippen molar-refractivity contribution in [3.63, 3.8) is 0 Å². The molecule has 12 nitrogen and oxygen atoms in total. The van der Waals surface area contributed by atoms with Crippen molar-refractivity contribution in [3.8, 4) is 17.2 Å². The molecule has 0 bridgehead atoms. The second-order valence-electron chi connectivity index (χ2n) is 9.82. The van der Waals surface area contributed by atoms with Crippen LogP contribution in [-0.4, -0.2) is 66.5 Å². The first-order valence-corrected chi connectivity index (χ1v) is 13.7. The van der Waals surface area contributed by atoms with Gasteiger partial charge in [0.1, 0.15) is 5.75 Å². The minimum Gasteiger partial charge on any atom is -0.493 e. The predicted octanol–water partition coefficient (Wildman–Crippen LogP) is 4.76. The molecule has 3 aromatic rings. The average Bonchev–Trinajstić information content (AvgIpc) is 3.42. The van der Waals surface area contributed by atoms with Crippen molar-refractivity contribution in [1.29, 1.82) is 0 Å². The number of methoxy groups -OCH3 is 2. The van der Waals surface area contributed by atoms with Crippen LogP contribution in [0.15, 0.2) is 48.7 Å². The smallest absolute Gasteiger partial charge is 0.493 e. The van der Waals surface area contributed by atoms with E-state index in [4.69, 9.17) is 14.6 Å². The molecule has 1 atom stereocenters. The van der Waals surface area contributed by atoms with Crippen molar-refractivity contribution in [2.24, 2.45) is 0 Å². The molecule has 0 spiro atoms. The maximum absolute atomic E-state index is 13.7. The van der Waals surface area contributed by atoms with Crippen LogP contribution in [-0.2, 0) is 6.54 Å². The Kier molecular flexibility index (Phi) is 10.2. The van der Waals surface area contributed by atoms with E-state index in [0.29, 0.717) is 54.3 Å². The normalized spacial score (nSPS) is 14.4. The molecule has 1 aliphatic heterocycles. The van der Waals surface area contributed by atoms with Gasteiger partial charge in [0.05, 0.1) is 43.4 Å². The number of alkyl halides is 3. The number of nitrogens with zero attached hydrogens (tertiary/aromatic N) is 3. The fourth-order valence-electron chi connectivity index (χ4n) is 4.98. The third-order valence-electron chi connectivity index (χ3n) is 6.98. The minimum atomic E-state index is -4.99. The molecule has 0 saturated heterocycles. The first-order valence-electron chi connectivity index (χ1n) is 13.7. The monoisotopic (exact) mass is 619 g/mol. The Morgan fingerprint density at radius 1 is 1.02 bits per heavy atom. The number of rotatable bonds is 12. The molecule has 236 valence electrons. The van der Waals surface area contributed by atoms with E-state index in [0.717, 1.165) is 6.07 Å². The van der Waals surface area contributed by atoms with Crippen LogP contribution in [0.25, 0.3) is 0 Å². The largest absolute Gasteiger partial charge is 0.573 e. The predicted molar refractivity (Wildman–Crippen MR) is 151 cm³/mol. The van der Waals surface area contributed by atoms with Gasteiger partial charge in [-0.05, 0) is 56.0 Å². The summed E-state index contributed by atoms with van der Waals surface area (Å²) in [6.07, 6.45) is -2.46. The highest BCUT2D eigenvalue weighted by atomic mass is 19.4. The van der Waals surface area contributed by atoms with E-state index in [1.807, 2.05) is 0 Å². The van der Waals surface area contributed by atoms with Gasteiger partial charge in [0.2, 0.25) is 0 Å². The highest BCUT2D eigenvalue weighted by molar-refractivity contribution is 6.07. The van der Waals surface area contributed by atoms with Crippen LogP contribution in [0.5, 0.6) is 17.2 Å². The van der Waals surface area contributed by atoms with E-state index in [9.17, 15) is 27.6 Å². The van der Waals surface area contributed by atoms with Gasteiger partial charge in [-0.3, -0.25) is 14.3 Å². The maximum Gasteiger partial charge on any atom is 0.573 e. The molecule has 3 N–H and O–H groups in total. The quantitative estimate of drug-likeness (QED) is 0.246. The van der Waals surface area contributed by atoms with Crippen LogP contribution in [0.4, 0.5) is 23.7 Å². The lowest BCUT2D eigenvalue weighted by molar-refractivity contribution is -0.274. The fourth-order valence-corrected chi connectivity index (χ4v) is 4.98. The zero-order chi connectivity index (χ0) is 31.9. The third-order valence-corrected chi connectivity index (χ3v) is 6.98. The van der Waals surface area contributed by atoms with Crippen LogP contribution in [0.1, 0.15) is 58.1 Å².